The number of nitrogens with one attached hydrogen (secondary N) is 3. The van der Waals surface area contributed by atoms with Gasteiger partial charge in [-0.2, -0.15) is 5.10 Å². The van der Waals surface area contributed by atoms with E-state index < -0.39 is 0 Å². The third kappa shape index (κ3) is 4.20. The number of aromatic amines is 1. The Morgan fingerprint density at radius 2 is 2.05 bits per heavy atom. The molecule has 1 aromatic carbocycles. The summed E-state index contributed by atoms with van der Waals surface area (Å²) < 4.78 is 0. The number of carbonyl (C=O) groups excluding carboxylic acids is 1. The summed E-state index contributed by atoms with van der Waals surface area (Å²) in [5.74, 6) is 0.0242. The molecule has 0 saturated carbocycles. The van der Waals surface area contributed by atoms with Gasteiger partial charge in [-0.3, -0.25) is 9.89 Å². The lowest BCUT2D eigenvalue weighted by molar-refractivity contribution is -0.120. The molecule has 0 saturated heterocycles. The summed E-state index contributed by atoms with van der Waals surface area (Å²) in [6.45, 7) is 3.87. The third-order valence-electron chi connectivity index (χ3n) is 2.97. The molecule has 0 aliphatic carbocycles. The first-order valence-corrected chi connectivity index (χ1v) is 6.85. The molecule has 2 aromatic rings. The molecule has 1 heterocycles. The van der Waals surface area contributed by atoms with Gasteiger partial charge in [0, 0.05) is 12.7 Å². The van der Waals surface area contributed by atoms with Crippen LogP contribution in [-0.2, 0) is 11.3 Å². The van der Waals surface area contributed by atoms with E-state index in [0.29, 0.717) is 13.1 Å². The van der Waals surface area contributed by atoms with Gasteiger partial charge in [0.15, 0.2) is 0 Å². The summed E-state index contributed by atoms with van der Waals surface area (Å²) in [5, 5.41) is 12.8. The van der Waals surface area contributed by atoms with E-state index in [1.807, 2.05) is 30.3 Å². The van der Waals surface area contributed by atoms with E-state index >= 15 is 0 Å². The molecule has 0 atom stereocenters. The molecule has 0 aliphatic heterocycles. The molecule has 0 fully saturated rings. The predicted molar refractivity (Wildman–Crippen MR) is 79.0 cm³/mol. The van der Waals surface area contributed by atoms with E-state index in [0.717, 1.165) is 29.8 Å². The zero-order valence-corrected chi connectivity index (χ0v) is 11.6. The number of carbonyl (C=O) groups is 1. The Labute approximate surface area is 118 Å². The highest BCUT2D eigenvalue weighted by molar-refractivity contribution is 5.78. The second-order valence-corrected chi connectivity index (χ2v) is 4.62. The maximum absolute atomic E-state index is 11.6. The van der Waals surface area contributed by atoms with Gasteiger partial charge in [-0.05, 0) is 30.2 Å². The van der Waals surface area contributed by atoms with Crippen LogP contribution in [0.3, 0.4) is 0 Å². The molecule has 0 aliphatic rings. The minimum atomic E-state index is 0.0242. The smallest absolute Gasteiger partial charge is 0.234 e. The maximum Gasteiger partial charge on any atom is 0.234 e. The van der Waals surface area contributed by atoms with Crippen LogP contribution >= 0.6 is 0 Å². The number of aromatic nitrogens is 2. The quantitative estimate of drug-likeness (QED) is 0.672. The van der Waals surface area contributed by atoms with Gasteiger partial charge in [0.1, 0.15) is 0 Å². The normalized spacial score (nSPS) is 10.4. The van der Waals surface area contributed by atoms with E-state index in [1.165, 1.54) is 0 Å². The summed E-state index contributed by atoms with van der Waals surface area (Å²) in [4.78, 5) is 11.6. The van der Waals surface area contributed by atoms with Crippen LogP contribution in [0, 0.1) is 0 Å². The van der Waals surface area contributed by atoms with Crippen LogP contribution in [0.15, 0.2) is 36.5 Å². The molecular weight excluding hydrogens is 252 g/mol. The predicted octanol–water partition coefficient (Wildman–Crippen LogP) is 1.69. The van der Waals surface area contributed by atoms with Crippen LogP contribution in [0.5, 0.6) is 0 Å². The Bertz CT molecular complexity index is 519. The van der Waals surface area contributed by atoms with E-state index in [2.05, 4.69) is 27.8 Å². The van der Waals surface area contributed by atoms with Crippen LogP contribution in [0.25, 0.3) is 11.3 Å². The molecule has 0 radical (unpaired) electrons. The minimum absolute atomic E-state index is 0.0242. The number of rotatable bonds is 7. The number of H-pyrrole nitrogens is 1. The first kappa shape index (κ1) is 14.3. The highest BCUT2D eigenvalue weighted by Crippen LogP contribution is 2.16. The topological polar surface area (TPSA) is 69.8 Å². The number of hydrogen-bond acceptors (Lipinski definition) is 3. The van der Waals surface area contributed by atoms with Crippen molar-refractivity contribution in [2.75, 3.05) is 13.1 Å². The lowest BCUT2D eigenvalue weighted by Crippen LogP contribution is -2.33. The third-order valence-corrected chi connectivity index (χ3v) is 2.97. The van der Waals surface area contributed by atoms with E-state index in [9.17, 15) is 4.79 Å². The van der Waals surface area contributed by atoms with E-state index in [4.69, 9.17) is 0 Å². The van der Waals surface area contributed by atoms with Crippen LogP contribution in [0.2, 0.25) is 0 Å². The molecule has 20 heavy (non-hydrogen) atoms. The summed E-state index contributed by atoms with van der Waals surface area (Å²) in [6.07, 6.45) is 2.76. The molecule has 2 rings (SSSR count). The van der Waals surface area contributed by atoms with Gasteiger partial charge in [-0.15, -0.1) is 0 Å². The van der Waals surface area contributed by atoms with Gasteiger partial charge in [-0.25, -0.2) is 0 Å². The zero-order valence-electron chi connectivity index (χ0n) is 11.6. The van der Waals surface area contributed by atoms with Gasteiger partial charge in [0.25, 0.3) is 0 Å². The number of amides is 1. The fraction of sp³-hybridized carbons (Fsp3) is 0.333. The fourth-order valence-corrected chi connectivity index (χ4v) is 1.86. The highest BCUT2D eigenvalue weighted by Gasteiger charge is 2.02. The van der Waals surface area contributed by atoms with Crippen molar-refractivity contribution in [1.82, 2.24) is 20.8 Å². The van der Waals surface area contributed by atoms with Gasteiger partial charge < -0.3 is 10.6 Å². The lowest BCUT2D eigenvalue weighted by atomic mass is 10.1. The SMILES string of the molecule is CCCNCC(=O)NCc1ccc(-c2ccn[nH]2)cc1. The molecule has 0 bridgehead atoms. The van der Waals surface area contributed by atoms with Crippen molar-refractivity contribution in [2.45, 2.75) is 19.9 Å². The van der Waals surface area contributed by atoms with Gasteiger partial charge in [0.2, 0.25) is 5.91 Å². The van der Waals surface area contributed by atoms with Crippen molar-refractivity contribution in [3.63, 3.8) is 0 Å². The van der Waals surface area contributed by atoms with Crippen molar-refractivity contribution in [2.24, 2.45) is 0 Å². The van der Waals surface area contributed by atoms with Gasteiger partial charge in [0.05, 0.1) is 12.2 Å². The molecule has 5 heteroatoms. The monoisotopic (exact) mass is 272 g/mol. The number of benzene rings is 1. The second-order valence-electron chi connectivity index (χ2n) is 4.62. The Morgan fingerprint density at radius 1 is 1.25 bits per heavy atom. The molecule has 1 amide bonds. The van der Waals surface area contributed by atoms with E-state index in [-0.39, 0.29) is 5.91 Å². The van der Waals surface area contributed by atoms with Crippen LogP contribution in [0.4, 0.5) is 0 Å². The first-order valence-electron chi connectivity index (χ1n) is 6.85. The van der Waals surface area contributed by atoms with Gasteiger partial charge in [-0.1, -0.05) is 31.2 Å². The van der Waals surface area contributed by atoms with Crippen molar-refractivity contribution in [3.8, 4) is 11.3 Å². The van der Waals surface area contributed by atoms with Crippen molar-refractivity contribution in [1.29, 1.82) is 0 Å². The van der Waals surface area contributed by atoms with Crippen molar-refractivity contribution in [3.05, 3.63) is 42.1 Å². The molecular formula is C15H20N4O. The maximum atomic E-state index is 11.6. The highest BCUT2D eigenvalue weighted by atomic mass is 16.1. The van der Waals surface area contributed by atoms with Gasteiger partial charge >= 0.3 is 0 Å². The lowest BCUT2D eigenvalue weighted by Gasteiger charge is -2.07. The Morgan fingerprint density at radius 3 is 2.70 bits per heavy atom. The standard InChI is InChI=1S/C15H20N4O/c1-2-8-16-11-15(20)17-10-12-3-5-13(6-4-12)14-7-9-18-19-14/h3-7,9,16H,2,8,10-11H2,1H3,(H,17,20)(H,18,19). The summed E-state index contributed by atoms with van der Waals surface area (Å²) >= 11 is 0. The Balaban J connectivity index is 1.81. The Hall–Kier alpha value is -2.14. The van der Waals surface area contributed by atoms with Crippen LogP contribution < -0.4 is 10.6 Å². The minimum Gasteiger partial charge on any atom is -0.351 e. The average molecular weight is 272 g/mol. The second kappa shape index (κ2) is 7.45. The molecule has 1 aromatic heterocycles. The number of hydrogen-bond donors (Lipinski definition) is 3. The zero-order chi connectivity index (χ0) is 14.2. The summed E-state index contributed by atoms with van der Waals surface area (Å²) in [5.41, 5.74) is 3.16. The fourth-order valence-electron chi connectivity index (χ4n) is 1.86. The van der Waals surface area contributed by atoms with Crippen LogP contribution in [0.1, 0.15) is 18.9 Å². The molecule has 0 spiro atoms. The van der Waals surface area contributed by atoms with Crippen molar-refractivity contribution >= 4 is 5.91 Å². The Kier molecular flexibility index (Phi) is 5.32. The first-order chi connectivity index (χ1) is 9.79. The molecule has 0 unspecified atom stereocenters. The average Bonchev–Trinajstić information content (AvgIpc) is 3.00. The van der Waals surface area contributed by atoms with Crippen LogP contribution in [-0.4, -0.2) is 29.2 Å². The largest absolute Gasteiger partial charge is 0.351 e. The summed E-state index contributed by atoms with van der Waals surface area (Å²) in [6, 6.07) is 9.98. The summed E-state index contributed by atoms with van der Waals surface area (Å²) in [7, 11) is 0. The molecule has 3 N–H and O–H groups in total. The number of nitrogens with zero attached hydrogens (tertiary/aromatic N) is 1. The molecule has 5 nitrogen and oxygen atoms in total. The van der Waals surface area contributed by atoms with E-state index in [1.54, 1.807) is 6.20 Å². The van der Waals surface area contributed by atoms with Crippen molar-refractivity contribution < 1.29 is 4.79 Å². The molecule has 106 valence electrons.